The Labute approximate surface area is 87.3 Å². The van der Waals surface area contributed by atoms with E-state index in [0.29, 0.717) is 16.1 Å². The summed E-state index contributed by atoms with van der Waals surface area (Å²) >= 11 is 9.14. The van der Waals surface area contributed by atoms with Crippen molar-refractivity contribution in [3.05, 3.63) is 22.0 Å². The number of anilines is 1. The summed E-state index contributed by atoms with van der Waals surface area (Å²) in [5.74, 6) is 0.157. The number of hydrogen-bond donors (Lipinski definition) is 1. The summed E-state index contributed by atoms with van der Waals surface area (Å²) in [6.45, 7) is 0. The molecular formula is C7H4BrClN4. The van der Waals surface area contributed by atoms with Crippen LogP contribution in [0, 0.1) is 0 Å². The zero-order chi connectivity index (χ0) is 9.42. The van der Waals surface area contributed by atoms with Crippen molar-refractivity contribution in [1.29, 1.82) is 0 Å². The molecule has 13 heavy (non-hydrogen) atoms. The number of aromatic nitrogens is 3. The van der Waals surface area contributed by atoms with Crippen LogP contribution in [0.5, 0.6) is 0 Å². The van der Waals surface area contributed by atoms with Crippen molar-refractivity contribution in [2.24, 2.45) is 0 Å². The molecule has 0 aromatic carbocycles. The lowest BCUT2D eigenvalue weighted by atomic mass is 10.3. The molecule has 2 rings (SSSR count). The Morgan fingerprint density at radius 2 is 2.08 bits per heavy atom. The van der Waals surface area contributed by atoms with Crippen LogP contribution in [0.25, 0.3) is 10.9 Å². The molecule has 0 unspecified atom stereocenters. The lowest BCUT2D eigenvalue weighted by molar-refractivity contribution is 1.21. The van der Waals surface area contributed by atoms with Crippen molar-refractivity contribution < 1.29 is 0 Å². The molecule has 0 amide bonds. The monoisotopic (exact) mass is 258 g/mol. The van der Waals surface area contributed by atoms with Gasteiger partial charge in [0, 0.05) is 12.4 Å². The molecule has 6 heteroatoms. The fraction of sp³-hybridized carbons (Fsp3) is 0. The Morgan fingerprint density at radius 1 is 1.31 bits per heavy atom. The number of nitrogens with zero attached hydrogens (tertiary/aromatic N) is 3. The molecule has 0 aliphatic carbocycles. The third-order valence-corrected chi connectivity index (χ3v) is 2.40. The normalized spacial score (nSPS) is 10.6. The fourth-order valence-corrected chi connectivity index (χ4v) is 1.64. The molecule has 2 aromatic rings. The molecule has 0 saturated heterocycles. The first kappa shape index (κ1) is 8.65. The van der Waals surface area contributed by atoms with Crippen LogP contribution in [0.3, 0.4) is 0 Å². The third-order valence-electron chi connectivity index (χ3n) is 1.53. The van der Waals surface area contributed by atoms with Crippen molar-refractivity contribution in [2.75, 3.05) is 5.73 Å². The van der Waals surface area contributed by atoms with Gasteiger partial charge in [0.15, 0.2) is 0 Å². The average molecular weight is 259 g/mol. The summed E-state index contributed by atoms with van der Waals surface area (Å²) in [4.78, 5) is 11.8. The van der Waals surface area contributed by atoms with Crippen LogP contribution in [0.1, 0.15) is 0 Å². The highest BCUT2D eigenvalue weighted by molar-refractivity contribution is 9.10. The predicted octanol–water partition coefficient (Wildman–Crippen LogP) is 2.02. The van der Waals surface area contributed by atoms with Gasteiger partial charge in [-0.1, -0.05) is 11.6 Å². The van der Waals surface area contributed by atoms with E-state index in [1.165, 1.54) is 0 Å². The van der Waals surface area contributed by atoms with E-state index < -0.39 is 0 Å². The second-order valence-electron chi connectivity index (χ2n) is 2.39. The van der Waals surface area contributed by atoms with E-state index in [2.05, 4.69) is 30.9 Å². The van der Waals surface area contributed by atoms with Crippen molar-refractivity contribution in [3.8, 4) is 0 Å². The predicted molar refractivity (Wildman–Crippen MR) is 54.5 cm³/mol. The molecule has 4 nitrogen and oxygen atoms in total. The topological polar surface area (TPSA) is 64.7 Å². The van der Waals surface area contributed by atoms with Crippen molar-refractivity contribution in [3.63, 3.8) is 0 Å². The highest BCUT2D eigenvalue weighted by atomic mass is 79.9. The van der Waals surface area contributed by atoms with Gasteiger partial charge in [-0.2, -0.15) is 0 Å². The molecule has 0 spiro atoms. The minimum Gasteiger partial charge on any atom is -0.368 e. The third kappa shape index (κ3) is 1.45. The van der Waals surface area contributed by atoms with Crippen LogP contribution in [-0.4, -0.2) is 15.0 Å². The molecule has 66 valence electrons. The Bertz CT molecular complexity index is 473. The number of hydrogen-bond acceptors (Lipinski definition) is 4. The summed E-state index contributed by atoms with van der Waals surface area (Å²) in [6.07, 6.45) is 3.23. The van der Waals surface area contributed by atoms with Crippen molar-refractivity contribution >= 4 is 44.4 Å². The van der Waals surface area contributed by atoms with Gasteiger partial charge in [0.25, 0.3) is 0 Å². The molecule has 0 aliphatic rings. The van der Waals surface area contributed by atoms with Gasteiger partial charge in [-0.3, -0.25) is 4.98 Å². The van der Waals surface area contributed by atoms with E-state index >= 15 is 0 Å². The van der Waals surface area contributed by atoms with Crippen LogP contribution in [0.2, 0.25) is 5.15 Å². The summed E-state index contributed by atoms with van der Waals surface area (Å²) in [5, 5.41) is 1.00. The SMILES string of the molecule is Nc1nc(Cl)c2cncc(Br)c2n1. The summed E-state index contributed by atoms with van der Waals surface area (Å²) in [7, 11) is 0. The zero-order valence-electron chi connectivity index (χ0n) is 6.33. The number of fused-ring (bicyclic) bond motifs is 1. The first-order valence-electron chi connectivity index (χ1n) is 3.40. The molecule has 0 atom stereocenters. The first-order valence-corrected chi connectivity index (χ1v) is 4.58. The summed E-state index contributed by atoms with van der Waals surface area (Å²) in [5.41, 5.74) is 6.12. The van der Waals surface area contributed by atoms with E-state index in [9.17, 15) is 0 Å². The van der Waals surface area contributed by atoms with Crippen LogP contribution in [0.4, 0.5) is 5.95 Å². The maximum absolute atomic E-state index is 5.84. The molecule has 0 fully saturated rings. The second-order valence-corrected chi connectivity index (χ2v) is 3.60. The minimum absolute atomic E-state index is 0.157. The van der Waals surface area contributed by atoms with Gasteiger partial charge in [-0.25, -0.2) is 9.97 Å². The van der Waals surface area contributed by atoms with Crippen LogP contribution in [0.15, 0.2) is 16.9 Å². The van der Waals surface area contributed by atoms with Gasteiger partial charge in [0.05, 0.1) is 15.4 Å². The molecule has 2 heterocycles. The van der Waals surface area contributed by atoms with E-state index in [1.807, 2.05) is 0 Å². The van der Waals surface area contributed by atoms with Gasteiger partial charge in [0.1, 0.15) is 5.15 Å². The Kier molecular flexibility index (Phi) is 2.05. The Morgan fingerprint density at radius 3 is 2.85 bits per heavy atom. The van der Waals surface area contributed by atoms with Gasteiger partial charge >= 0.3 is 0 Å². The number of rotatable bonds is 0. The molecule has 0 radical (unpaired) electrons. The number of nitrogens with two attached hydrogens (primary N) is 1. The molecule has 2 aromatic heterocycles. The van der Waals surface area contributed by atoms with E-state index in [4.69, 9.17) is 17.3 Å². The molecular weight excluding hydrogens is 255 g/mol. The van der Waals surface area contributed by atoms with Crippen molar-refractivity contribution in [2.45, 2.75) is 0 Å². The molecule has 0 saturated carbocycles. The number of pyridine rings is 1. The van der Waals surface area contributed by atoms with E-state index in [0.717, 1.165) is 4.47 Å². The lowest BCUT2D eigenvalue weighted by Gasteiger charge is -2.01. The summed E-state index contributed by atoms with van der Waals surface area (Å²) < 4.78 is 0.751. The van der Waals surface area contributed by atoms with E-state index in [-0.39, 0.29) is 5.95 Å². The molecule has 0 aliphatic heterocycles. The first-order chi connectivity index (χ1) is 6.18. The Balaban J connectivity index is 2.94. The zero-order valence-corrected chi connectivity index (χ0v) is 8.67. The quantitative estimate of drug-likeness (QED) is 0.735. The second kappa shape index (κ2) is 3.08. The smallest absolute Gasteiger partial charge is 0.222 e. The summed E-state index contributed by atoms with van der Waals surface area (Å²) in [6, 6.07) is 0. The van der Waals surface area contributed by atoms with Crippen LogP contribution in [-0.2, 0) is 0 Å². The van der Waals surface area contributed by atoms with Gasteiger partial charge < -0.3 is 5.73 Å². The van der Waals surface area contributed by atoms with Crippen LogP contribution >= 0.6 is 27.5 Å². The largest absolute Gasteiger partial charge is 0.368 e. The molecule has 0 bridgehead atoms. The van der Waals surface area contributed by atoms with E-state index in [1.54, 1.807) is 12.4 Å². The average Bonchev–Trinajstić information content (AvgIpc) is 2.07. The number of nitrogen functional groups attached to an aromatic ring is 1. The molecule has 2 N–H and O–H groups in total. The van der Waals surface area contributed by atoms with Crippen molar-refractivity contribution in [1.82, 2.24) is 15.0 Å². The fourth-order valence-electron chi connectivity index (χ4n) is 0.993. The highest BCUT2D eigenvalue weighted by Crippen LogP contribution is 2.25. The standard InChI is InChI=1S/C7H4BrClN4/c8-4-2-11-1-3-5(4)12-7(10)13-6(3)9/h1-2H,(H2,10,12,13). The maximum Gasteiger partial charge on any atom is 0.222 e. The van der Waals surface area contributed by atoms with Gasteiger partial charge in [-0.05, 0) is 15.9 Å². The highest BCUT2D eigenvalue weighted by Gasteiger charge is 2.06. The number of halogens is 2. The lowest BCUT2D eigenvalue weighted by Crippen LogP contribution is -1.96. The van der Waals surface area contributed by atoms with Crippen LogP contribution < -0.4 is 5.73 Å². The van der Waals surface area contributed by atoms with Gasteiger partial charge in [-0.15, -0.1) is 0 Å². The Hall–Kier alpha value is -0.940. The maximum atomic E-state index is 5.84. The minimum atomic E-state index is 0.157. The van der Waals surface area contributed by atoms with Gasteiger partial charge in [0.2, 0.25) is 5.95 Å².